The van der Waals surface area contributed by atoms with E-state index < -0.39 is 0 Å². The Labute approximate surface area is 103 Å². The number of aryl methyl sites for hydroxylation is 1. The van der Waals surface area contributed by atoms with Crippen molar-refractivity contribution < 1.29 is 0 Å². The summed E-state index contributed by atoms with van der Waals surface area (Å²) in [5.74, 6) is 2.36. The van der Waals surface area contributed by atoms with Crippen LogP contribution in [-0.4, -0.2) is 18.1 Å². The Bertz CT molecular complexity index is 437. The number of nitriles is 1. The molecule has 0 aliphatic carbocycles. The Balaban J connectivity index is 2.27. The third-order valence-corrected chi connectivity index (χ3v) is 3.26. The summed E-state index contributed by atoms with van der Waals surface area (Å²) in [7, 11) is 0. The van der Waals surface area contributed by atoms with Crippen molar-refractivity contribution in [2.75, 3.05) is 18.0 Å². The molecule has 1 aromatic rings. The van der Waals surface area contributed by atoms with Crippen molar-refractivity contribution in [2.45, 2.75) is 27.2 Å². The van der Waals surface area contributed by atoms with Crippen LogP contribution < -0.4 is 4.90 Å². The maximum Gasteiger partial charge on any atom is 0.130 e. The minimum absolute atomic E-state index is 0.701. The molecule has 1 fully saturated rings. The van der Waals surface area contributed by atoms with E-state index in [9.17, 15) is 0 Å². The Morgan fingerprint density at radius 2 is 1.94 bits per heavy atom. The van der Waals surface area contributed by atoms with Gasteiger partial charge in [-0.3, -0.25) is 0 Å². The van der Waals surface area contributed by atoms with Gasteiger partial charge in [-0.25, -0.2) is 4.98 Å². The molecule has 2 unspecified atom stereocenters. The summed E-state index contributed by atoms with van der Waals surface area (Å²) in [6.45, 7) is 8.60. The molecule has 0 spiro atoms. The highest BCUT2D eigenvalue weighted by Gasteiger charge is 2.22. The lowest BCUT2D eigenvalue weighted by atomic mass is 9.92. The molecule has 3 nitrogen and oxygen atoms in total. The Morgan fingerprint density at radius 1 is 1.29 bits per heavy atom. The zero-order valence-corrected chi connectivity index (χ0v) is 10.8. The lowest BCUT2D eigenvalue weighted by Crippen LogP contribution is -2.39. The van der Waals surface area contributed by atoms with Crippen LogP contribution >= 0.6 is 0 Å². The maximum atomic E-state index is 8.99. The third kappa shape index (κ3) is 2.76. The van der Waals surface area contributed by atoms with Gasteiger partial charge in [0.2, 0.25) is 0 Å². The zero-order valence-electron chi connectivity index (χ0n) is 10.8. The zero-order chi connectivity index (χ0) is 12.4. The predicted octanol–water partition coefficient (Wildman–Crippen LogP) is 2.74. The van der Waals surface area contributed by atoms with Crippen LogP contribution in [0.15, 0.2) is 12.1 Å². The molecule has 2 atom stereocenters. The van der Waals surface area contributed by atoms with Crippen molar-refractivity contribution in [1.29, 1.82) is 5.26 Å². The predicted molar refractivity (Wildman–Crippen MR) is 68.8 cm³/mol. The third-order valence-electron chi connectivity index (χ3n) is 3.26. The van der Waals surface area contributed by atoms with Crippen molar-refractivity contribution in [3.8, 4) is 6.07 Å². The van der Waals surface area contributed by atoms with Gasteiger partial charge in [0, 0.05) is 18.8 Å². The molecule has 2 heterocycles. The monoisotopic (exact) mass is 229 g/mol. The van der Waals surface area contributed by atoms with E-state index in [0.717, 1.165) is 24.6 Å². The highest BCUT2D eigenvalue weighted by Crippen LogP contribution is 2.25. The van der Waals surface area contributed by atoms with Crippen LogP contribution in [0.2, 0.25) is 0 Å². The van der Waals surface area contributed by atoms with Crippen LogP contribution in [0.1, 0.15) is 31.5 Å². The van der Waals surface area contributed by atoms with E-state index >= 15 is 0 Å². The standard InChI is InChI=1S/C14H19N3/c1-10-4-11(2)9-17(8-10)14-6-13(7-15)5-12(3)16-14/h5-6,10-11H,4,8-9H2,1-3H3. The lowest BCUT2D eigenvalue weighted by Gasteiger charge is -2.36. The van der Waals surface area contributed by atoms with Gasteiger partial charge in [0.15, 0.2) is 0 Å². The van der Waals surface area contributed by atoms with Crippen molar-refractivity contribution in [2.24, 2.45) is 11.8 Å². The van der Waals surface area contributed by atoms with Gasteiger partial charge in [0.05, 0.1) is 11.6 Å². The SMILES string of the molecule is Cc1cc(C#N)cc(N2CC(C)CC(C)C2)n1. The van der Waals surface area contributed by atoms with E-state index in [1.807, 2.05) is 19.1 Å². The maximum absolute atomic E-state index is 8.99. The summed E-state index contributed by atoms with van der Waals surface area (Å²) < 4.78 is 0. The number of hydrogen-bond acceptors (Lipinski definition) is 3. The van der Waals surface area contributed by atoms with E-state index in [4.69, 9.17) is 5.26 Å². The first kappa shape index (κ1) is 11.9. The summed E-state index contributed by atoms with van der Waals surface area (Å²) in [5, 5.41) is 8.99. The van der Waals surface area contributed by atoms with E-state index in [1.165, 1.54) is 6.42 Å². The Kier molecular flexibility index (Phi) is 3.33. The number of nitrogens with zero attached hydrogens (tertiary/aromatic N) is 3. The molecular weight excluding hydrogens is 210 g/mol. The number of rotatable bonds is 1. The Hall–Kier alpha value is -1.56. The molecular formula is C14H19N3. The molecule has 0 saturated carbocycles. The second-order valence-corrected chi connectivity index (χ2v) is 5.32. The van der Waals surface area contributed by atoms with Crippen LogP contribution in [-0.2, 0) is 0 Å². The van der Waals surface area contributed by atoms with E-state index in [2.05, 4.69) is 29.8 Å². The van der Waals surface area contributed by atoms with Crippen LogP contribution in [0, 0.1) is 30.1 Å². The summed E-state index contributed by atoms with van der Waals surface area (Å²) in [6, 6.07) is 5.94. The smallest absolute Gasteiger partial charge is 0.130 e. The van der Waals surface area contributed by atoms with Crippen molar-refractivity contribution in [1.82, 2.24) is 4.98 Å². The van der Waals surface area contributed by atoms with Crippen molar-refractivity contribution in [3.63, 3.8) is 0 Å². The first-order chi connectivity index (χ1) is 8.08. The largest absolute Gasteiger partial charge is 0.356 e. The van der Waals surface area contributed by atoms with Crippen LogP contribution in [0.25, 0.3) is 0 Å². The summed E-state index contributed by atoms with van der Waals surface area (Å²) in [6.07, 6.45) is 1.29. The van der Waals surface area contributed by atoms with E-state index in [0.29, 0.717) is 17.4 Å². The Morgan fingerprint density at radius 3 is 2.53 bits per heavy atom. The summed E-state index contributed by atoms with van der Waals surface area (Å²) in [4.78, 5) is 6.86. The average molecular weight is 229 g/mol. The molecule has 0 N–H and O–H groups in total. The topological polar surface area (TPSA) is 39.9 Å². The van der Waals surface area contributed by atoms with Crippen LogP contribution in [0.5, 0.6) is 0 Å². The molecule has 17 heavy (non-hydrogen) atoms. The molecule has 0 radical (unpaired) electrons. The van der Waals surface area contributed by atoms with Crippen LogP contribution in [0.4, 0.5) is 5.82 Å². The van der Waals surface area contributed by atoms with Gasteiger partial charge in [0.1, 0.15) is 5.82 Å². The quantitative estimate of drug-likeness (QED) is 0.743. The van der Waals surface area contributed by atoms with Gasteiger partial charge < -0.3 is 4.90 Å². The van der Waals surface area contributed by atoms with Crippen molar-refractivity contribution in [3.05, 3.63) is 23.4 Å². The molecule has 0 aromatic carbocycles. The summed E-state index contributed by atoms with van der Waals surface area (Å²) in [5.41, 5.74) is 1.63. The van der Waals surface area contributed by atoms with Gasteiger partial charge in [-0.2, -0.15) is 5.26 Å². The van der Waals surface area contributed by atoms with Crippen molar-refractivity contribution >= 4 is 5.82 Å². The number of piperidine rings is 1. The number of pyridine rings is 1. The van der Waals surface area contributed by atoms with Gasteiger partial charge in [-0.15, -0.1) is 0 Å². The molecule has 2 rings (SSSR count). The highest BCUT2D eigenvalue weighted by atomic mass is 15.2. The minimum Gasteiger partial charge on any atom is -0.356 e. The highest BCUT2D eigenvalue weighted by molar-refractivity contribution is 5.47. The second-order valence-electron chi connectivity index (χ2n) is 5.32. The second kappa shape index (κ2) is 4.75. The van der Waals surface area contributed by atoms with Gasteiger partial charge in [-0.1, -0.05) is 13.8 Å². The molecule has 1 aromatic heterocycles. The minimum atomic E-state index is 0.701. The molecule has 1 aliphatic rings. The van der Waals surface area contributed by atoms with Gasteiger partial charge in [-0.05, 0) is 37.3 Å². The number of anilines is 1. The normalized spacial score (nSPS) is 24.5. The van der Waals surface area contributed by atoms with Crippen LogP contribution in [0.3, 0.4) is 0 Å². The molecule has 90 valence electrons. The first-order valence-corrected chi connectivity index (χ1v) is 6.22. The number of hydrogen-bond donors (Lipinski definition) is 0. The molecule has 1 saturated heterocycles. The molecule has 1 aliphatic heterocycles. The lowest BCUT2D eigenvalue weighted by molar-refractivity contribution is 0.355. The fourth-order valence-electron chi connectivity index (χ4n) is 2.73. The molecule has 3 heteroatoms. The molecule has 0 amide bonds. The van der Waals surface area contributed by atoms with E-state index in [-0.39, 0.29) is 0 Å². The average Bonchev–Trinajstić information content (AvgIpc) is 2.26. The molecule has 0 bridgehead atoms. The first-order valence-electron chi connectivity index (χ1n) is 6.22. The summed E-state index contributed by atoms with van der Waals surface area (Å²) >= 11 is 0. The number of aromatic nitrogens is 1. The fourth-order valence-corrected chi connectivity index (χ4v) is 2.73. The van der Waals surface area contributed by atoms with E-state index in [1.54, 1.807) is 0 Å². The van der Waals surface area contributed by atoms with Gasteiger partial charge >= 0.3 is 0 Å². The van der Waals surface area contributed by atoms with Gasteiger partial charge in [0.25, 0.3) is 0 Å². The fraction of sp³-hybridized carbons (Fsp3) is 0.571.